The fourth-order valence-electron chi connectivity index (χ4n) is 2.73. The van der Waals surface area contributed by atoms with Crippen molar-refractivity contribution in [3.8, 4) is 0 Å². The van der Waals surface area contributed by atoms with Crippen LogP contribution in [0, 0.1) is 0 Å². The first kappa shape index (κ1) is 13.9. The van der Waals surface area contributed by atoms with Gasteiger partial charge in [-0.1, -0.05) is 25.3 Å². The highest BCUT2D eigenvalue weighted by Gasteiger charge is 2.20. The molecule has 0 saturated heterocycles. The number of aliphatic hydroxyl groups is 1. The van der Waals surface area contributed by atoms with Crippen molar-refractivity contribution in [2.24, 2.45) is 0 Å². The van der Waals surface area contributed by atoms with Crippen LogP contribution in [0.15, 0.2) is 22.7 Å². The van der Waals surface area contributed by atoms with Gasteiger partial charge in [-0.15, -0.1) is 0 Å². The Hall–Kier alpha value is -0.540. The summed E-state index contributed by atoms with van der Waals surface area (Å²) in [6.45, 7) is 1.80. The highest BCUT2D eigenvalue weighted by atomic mass is 79.9. The molecule has 1 aliphatic rings. The molecule has 1 aliphatic carbocycles. The number of nitrogens with zero attached hydrogens (tertiary/aromatic N) is 1. The standard InChI is InChI=1S/C15H22BrNO/c1-11(18)12-8-9-15(14(16)10-12)17(2)13-6-4-3-5-7-13/h8-11,13,18H,3-7H2,1-2H3/t11-/m1/s1. The summed E-state index contributed by atoms with van der Waals surface area (Å²) < 4.78 is 1.08. The van der Waals surface area contributed by atoms with E-state index in [4.69, 9.17) is 0 Å². The summed E-state index contributed by atoms with van der Waals surface area (Å²) in [5, 5.41) is 9.59. The molecule has 100 valence electrons. The maximum absolute atomic E-state index is 9.59. The largest absolute Gasteiger partial charge is 0.389 e. The van der Waals surface area contributed by atoms with Crippen LogP contribution in [0.5, 0.6) is 0 Å². The van der Waals surface area contributed by atoms with Gasteiger partial charge in [-0.25, -0.2) is 0 Å². The van der Waals surface area contributed by atoms with Crippen molar-refractivity contribution >= 4 is 21.6 Å². The van der Waals surface area contributed by atoms with Crippen LogP contribution in [-0.2, 0) is 0 Å². The molecule has 0 radical (unpaired) electrons. The van der Waals surface area contributed by atoms with E-state index < -0.39 is 6.10 Å². The van der Waals surface area contributed by atoms with Gasteiger partial charge in [0.05, 0.1) is 11.8 Å². The topological polar surface area (TPSA) is 23.5 Å². The normalized spacial score (nSPS) is 18.7. The summed E-state index contributed by atoms with van der Waals surface area (Å²) in [7, 11) is 2.18. The summed E-state index contributed by atoms with van der Waals surface area (Å²) in [6, 6.07) is 6.82. The van der Waals surface area contributed by atoms with Crippen LogP contribution in [0.4, 0.5) is 5.69 Å². The molecule has 0 heterocycles. The zero-order chi connectivity index (χ0) is 13.1. The second-order valence-electron chi connectivity index (χ2n) is 5.29. The maximum atomic E-state index is 9.59. The summed E-state index contributed by atoms with van der Waals surface area (Å²) >= 11 is 3.63. The third-order valence-electron chi connectivity index (χ3n) is 3.96. The van der Waals surface area contributed by atoms with Crippen molar-refractivity contribution < 1.29 is 5.11 Å². The summed E-state index contributed by atoms with van der Waals surface area (Å²) in [5.41, 5.74) is 2.19. The van der Waals surface area contributed by atoms with E-state index in [1.807, 2.05) is 12.1 Å². The minimum Gasteiger partial charge on any atom is -0.389 e. The molecule has 1 N–H and O–H groups in total. The lowest BCUT2D eigenvalue weighted by molar-refractivity contribution is 0.199. The Bertz CT molecular complexity index is 399. The lowest BCUT2D eigenvalue weighted by Crippen LogP contribution is -2.33. The van der Waals surface area contributed by atoms with Gasteiger partial charge < -0.3 is 10.0 Å². The Balaban J connectivity index is 2.16. The molecule has 0 aromatic heterocycles. The SMILES string of the molecule is C[C@@H](O)c1ccc(N(C)C2CCCCC2)c(Br)c1. The lowest BCUT2D eigenvalue weighted by Gasteiger charge is -2.33. The van der Waals surface area contributed by atoms with Crippen LogP contribution in [0.25, 0.3) is 0 Å². The van der Waals surface area contributed by atoms with Gasteiger partial charge in [-0.3, -0.25) is 0 Å². The van der Waals surface area contributed by atoms with E-state index in [0.717, 1.165) is 10.0 Å². The van der Waals surface area contributed by atoms with Crippen molar-refractivity contribution in [2.45, 2.75) is 51.2 Å². The first-order chi connectivity index (χ1) is 8.59. The molecule has 0 unspecified atom stereocenters. The fourth-order valence-corrected chi connectivity index (χ4v) is 3.41. The number of hydrogen-bond donors (Lipinski definition) is 1. The Morgan fingerprint density at radius 2 is 1.94 bits per heavy atom. The van der Waals surface area contributed by atoms with Gasteiger partial charge in [-0.2, -0.15) is 0 Å². The number of halogens is 1. The van der Waals surface area contributed by atoms with Crippen LogP contribution < -0.4 is 4.90 Å². The quantitative estimate of drug-likeness (QED) is 0.901. The third kappa shape index (κ3) is 3.07. The molecular weight excluding hydrogens is 290 g/mol. The van der Waals surface area contributed by atoms with E-state index in [0.29, 0.717) is 6.04 Å². The zero-order valence-electron chi connectivity index (χ0n) is 11.2. The number of anilines is 1. The van der Waals surface area contributed by atoms with Crippen molar-refractivity contribution in [3.63, 3.8) is 0 Å². The minimum absolute atomic E-state index is 0.407. The molecule has 1 fully saturated rings. The monoisotopic (exact) mass is 311 g/mol. The van der Waals surface area contributed by atoms with E-state index >= 15 is 0 Å². The second-order valence-corrected chi connectivity index (χ2v) is 6.14. The predicted molar refractivity (Wildman–Crippen MR) is 80.1 cm³/mol. The van der Waals surface area contributed by atoms with Crippen LogP contribution in [-0.4, -0.2) is 18.2 Å². The second kappa shape index (κ2) is 6.07. The predicted octanol–water partition coefficient (Wildman–Crippen LogP) is 4.27. The molecule has 3 heteroatoms. The molecule has 1 aromatic carbocycles. The van der Waals surface area contributed by atoms with Gasteiger partial charge >= 0.3 is 0 Å². The maximum Gasteiger partial charge on any atom is 0.0762 e. The van der Waals surface area contributed by atoms with Crippen LogP contribution in [0.3, 0.4) is 0 Å². The fraction of sp³-hybridized carbons (Fsp3) is 0.600. The summed E-state index contributed by atoms with van der Waals surface area (Å²) in [4.78, 5) is 2.38. The highest BCUT2D eigenvalue weighted by Crippen LogP contribution is 2.33. The lowest BCUT2D eigenvalue weighted by atomic mass is 9.94. The van der Waals surface area contributed by atoms with Crippen LogP contribution in [0.2, 0.25) is 0 Å². The van der Waals surface area contributed by atoms with Gasteiger partial charge in [0.15, 0.2) is 0 Å². The van der Waals surface area contributed by atoms with Gasteiger partial charge in [0.1, 0.15) is 0 Å². The number of aliphatic hydroxyl groups excluding tert-OH is 1. The van der Waals surface area contributed by atoms with E-state index in [1.165, 1.54) is 37.8 Å². The van der Waals surface area contributed by atoms with Gasteiger partial charge in [0, 0.05) is 17.6 Å². The molecule has 0 bridgehead atoms. The van der Waals surface area contributed by atoms with Crippen LogP contribution >= 0.6 is 15.9 Å². The molecule has 2 rings (SSSR count). The Kier molecular flexibility index (Phi) is 4.68. The molecule has 0 aliphatic heterocycles. The molecular formula is C15H22BrNO. The van der Waals surface area contributed by atoms with Crippen molar-refractivity contribution in [1.29, 1.82) is 0 Å². The van der Waals surface area contributed by atoms with E-state index in [-0.39, 0.29) is 0 Å². The molecule has 18 heavy (non-hydrogen) atoms. The van der Waals surface area contributed by atoms with Crippen LogP contribution in [0.1, 0.15) is 50.7 Å². The molecule has 1 aromatic rings. The van der Waals surface area contributed by atoms with Crippen molar-refractivity contribution in [3.05, 3.63) is 28.2 Å². The van der Waals surface area contributed by atoms with E-state index in [2.05, 4.69) is 33.9 Å². The van der Waals surface area contributed by atoms with Crippen molar-refractivity contribution in [2.75, 3.05) is 11.9 Å². The number of rotatable bonds is 3. The number of benzene rings is 1. The van der Waals surface area contributed by atoms with Gasteiger partial charge in [-0.05, 0) is 53.4 Å². The Morgan fingerprint density at radius 3 is 2.50 bits per heavy atom. The highest BCUT2D eigenvalue weighted by molar-refractivity contribution is 9.10. The molecule has 0 amide bonds. The smallest absolute Gasteiger partial charge is 0.0762 e. The zero-order valence-corrected chi connectivity index (χ0v) is 12.8. The average Bonchev–Trinajstić information content (AvgIpc) is 2.38. The summed E-state index contributed by atoms with van der Waals surface area (Å²) in [6.07, 6.45) is 6.25. The first-order valence-electron chi connectivity index (χ1n) is 6.80. The van der Waals surface area contributed by atoms with E-state index in [1.54, 1.807) is 6.92 Å². The van der Waals surface area contributed by atoms with Gasteiger partial charge in [0.2, 0.25) is 0 Å². The third-order valence-corrected chi connectivity index (χ3v) is 4.59. The molecule has 2 nitrogen and oxygen atoms in total. The average molecular weight is 312 g/mol. The van der Waals surface area contributed by atoms with Gasteiger partial charge in [0.25, 0.3) is 0 Å². The molecule has 1 saturated carbocycles. The van der Waals surface area contributed by atoms with Crippen molar-refractivity contribution in [1.82, 2.24) is 0 Å². The first-order valence-corrected chi connectivity index (χ1v) is 7.59. The molecule has 0 spiro atoms. The number of hydrogen-bond acceptors (Lipinski definition) is 2. The summed E-state index contributed by atoms with van der Waals surface area (Å²) in [5.74, 6) is 0. The molecule has 1 atom stereocenters. The Morgan fingerprint density at radius 1 is 1.28 bits per heavy atom. The van der Waals surface area contributed by atoms with E-state index in [9.17, 15) is 5.11 Å². The Labute approximate surface area is 118 Å². The minimum atomic E-state index is -0.407.